The van der Waals surface area contributed by atoms with Crippen molar-refractivity contribution < 1.29 is 9.90 Å². The summed E-state index contributed by atoms with van der Waals surface area (Å²) >= 11 is 5.98. The Labute approximate surface area is 127 Å². The molecule has 0 aliphatic carbocycles. The van der Waals surface area contributed by atoms with Gasteiger partial charge < -0.3 is 10.0 Å². The highest BCUT2D eigenvalue weighted by Crippen LogP contribution is 2.24. The predicted molar refractivity (Wildman–Crippen MR) is 81.7 cm³/mol. The third-order valence-electron chi connectivity index (χ3n) is 3.11. The van der Waals surface area contributed by atoms with Crippen LogP contribution < -0.4 is 4.90 Å². The Morgan fingerprint density at radius 1 is 1.29 bits per heavy atom. The molecule has 0 radical (unpaired) electrons. The van der Waals surface area contributed by atoms with Gasteiger partial charge in [0.1, 0.15) is 6.07 Å². The minimum absolute atomic E-state index is 0.252. The van der Waals surface area contributed by atoms with Crippen LogP contribution in [-0.4, -0.2) is 18.1 Å². The number of aromatic carboxylic acids is 1. The maximum atomic E-state index is 10.8. The first-order valence-corrected chi connectivity index (χ1v) is 6.62. The van der Waals surface area contributed by atoms with Gasteiger partial charge >= 0.3 is 5.97 Å². The van der Waals surface area contributed by atoms with Gasteiger partial charge in [0.15, 0.2) is 0 Å². The molecular formula is C16H13ClN2O2. The fourth-order valence-electron chi connectivity index (χ4n) is 2.03. The number of anilines is 1. The van der Waals surface area contributed by atoms with E-state index in [-0.39, 0.29) is 5.56 Å². The molecule has 0 aliphatic heterocycles. The molecular weight excluding hydrogens is 288 g/mol. The van der Waals surface area contributed by atoms with E-state index in [1.807, 2.05) is 11.9 Å². The summed E-state index contributed by atoms with van der Waals surface area (Å²) in [6.07, 6.45) is 0. The van der Waals surface area contributed by atoms with Crippen LogP contribution in [0.15, 0.2) is 42.5 Å². The van der Waals surface area contributed by atoms with Crippen LogP contribution in [0.3, 0.4) is 0 Å². The highest BCUT2D eigenvalue weighted by atomic mass is 35.5. The molecule has 0 fully saturated rings. The molecule has 106 valence electrons. The van der Waals surface area contributed by atoms with Gasteiger partial charge in [-0.25, -0.2) is 4.79 Å². The number of benzene rings is 2. The molecule has 2 rings (SSSR count). The molecule has 0 heterocycles. The monoisotopic (exact) mass is 300 g/mol. The van der Waals surface area contributed by atoms with Crippen LogP contribution in [0.1, 0.15) is 21.5 Å². The van der Waals surface area contributed by atoms with Crippen LogP contribution in [0.4, 0.5) is 5.69 Å². The van der Waals surface area contributed by atoms with E-state index in [0.29, 0.717) is 17.1 Å². The molecule has 0 saturated carbocycles. The van der Waals surface area contributed by atoms with Crippen molar-refractivity contribution >= 4 is 23.3 Å². The van der Waals surface area contributed by atoms with E-state index in [0.717, 1.165) is 11.3 Å². The van der Waals surface area contributed by atoms with Crippen molar-refractivity contribution in [1.29, 1.82) is 5.26 Å². The number of carboxylic acids is 1. The summed E-state index contributed by atoms with van der Waals surface area (Å²) in [5.41, 5.74) is 2.49. The van der Waals surface area contributed by atoms with Gasteiger partial charge in [-0.3, -0.25) is 0 Å². The minimum atomic E-state index is -0.948. The molecule has 5 heteroatoms. The molecule has 1 N–H and O–H groups in total. The summed E-state index contributed by atoms with van der Waals surface area (Å²) in [6.45, 7) is 0.551. The third kappa shape index (κ3) is 3.53. The van der Waals surface area contributed by atoms with E-state index in [4.69, 9.17) is 22.0 Å². The lowest BCUT2D eigenvalue weighted by Gasteiger charge is -2.21. The zero-order chi connectivity index (χ0) is 15.4. The first kappa shape index (κ1) is 14.9. The van der Waals surface area contributed by atoms with Gasteiger partial charge in [0, 0.05) is 18.6 Å². The summed E-state index contributed by atoms with van der Waals surface area (Å²) in [5, 5.41) is 18.6. The molecule has 0 unspecified atom stereocenters. The fourth-order valence-corrected chi connectivity index (χ4v) is 2.19. The Balaban J connectivity index is 2.22. The maximum absolute atomic E-state index is 10.8. The molecule has 0 spiro atoms. The Hall–Kier alpha value is -2.51. The van der Waals surface area contributed by atoms with Crippen LogP contribution in [0.5, 0.6) is 0 Å². The van der Waals surface area contributed by atoms with Crippen molar-refractivity contribution in [2.75, 3.05) is 11.9 Å². The first-order valence-electron chi connectivity index (χ1n) is 6.24. The van der Waals surface area contributed by atoms with Crippen molar-refractivity contribution in [3.8, 4) is 6.07 Å². The van der Waals surface area contributed by atoms with Gasteiger partial charge in [0.2, 0.25) is 0 Å². The first-order chi connectivity index (χ1) is 10.0. The molecule has 2 aromatic carbocycles. The lowest BCUT2D eigenvalue weighted by molar-refractivity contribution is 0.0697. The van der Waals surface area contributed by atoms with Crippen LogP contribution in [0.2, 0.25) is 5.02 Å². The van der Waals surface area contributed by atoms with E-state index >= 15 is 0 Å². The quantitative estimate of drug-likeness (QED) is 0.938. The van der Waals surface area contributed by atoms with Gasteiger partial charge in [-0.2, -0.15) is 5.26 Å². The topological polar surface area (TPSA) is 64.3 Å². The second-order valence-corrected chi connectivity index (χ2v) is 5.07. The second kappa shape index (κ2) is 6.29. The molecule has 0 aromatic heterocycles. The summed E-state index contributed by atoms with van der Waals surface area (Å²) < 4.78 is 0. The van der Waals surface area contributed by atoms with Gasteiger partial charge in [0.25, 0.3) is 0 Å². The van der Waals surface area contributed by atoms with E-state index < -0.39 is 5.97 Å². The zero-order valence-corrected chi connectivity index (χ0v) is 12.1. The van der Waals surface area contributed by atoms with E-state index in [2.05, 4.69) is 6.07 Å². The second-order valence-electron chi connectivity index (χ2n) is 4.63. The van der Waals surface area contributed by atoms with E-state index in [1.165, 1.54) is 0 Å². The maximum Gasteiger partial charge on any atom is 0.335 e. The summed E-state index contributed by atoms with van der Waals surface area (Å²) in [6, 6.07) is 13.9. The van der Waals surface area contributed by atoms with Gasteiger partial charge in [0.05, 0.1) is 16.8 Å². The number of hydrogen-bond acceptors (Lipinski definition) is 3. The van der Waals surface area contributed by atoms with Crippen molar-refractivity contribution in [3.05, 3.63) is 64.2 Å². The molecule has 21 heavy (non-hydrogen) atoms. The largest absolute Gasteiger partial charge is 0.478 e. The molecule has 4 nitrogen and oxygen atoms in total. The zero-order valence-electron chi connectivity index (χ0n) is 11.4. The summed E-state index contributed by atoms with van der Waals surface area (Å²) in [5.74, 6) is -0.948. The van der Waals surface area contributed by atoms with E-state index in [9.17, 15) is 4.79 Å². The fraction of sp³-hybridized carbons (Fsp3) is 0.125. The van der Waals surface area contributed by atoms with Crippen LogP contribution >= 0.6 is 11.6 Å². The van der Waals surface area contributed by atoms with Crippen LogP contribution in [0, 0.1) is 11.3 Å². The lowest BCUT2D eigenvalue weighted by atomic mass is 10.1. The highest BCUT2D eigenvalue weighted by Gasteiger charge is 2.09. The average molecular weight is 301 g/mol. The van der Waals surface area contributed by atoms with Crippen molar-refractivity contribution in [2.24, 2.45) is 0 Å². The van der Waals surface area contributed by atoms with Crippen LogP contribution in [0.25, 0.3) is 0 Å². The summed E-state index contributed by atoms with van der Waals surface area (Å²) in [7, 11) is 1.86. The molecule has 0 saturated heterocycles. The van der Waals surface area contributed by atoms with Crippen molar-refractivity contribution in [3.63, 3.8) is 0 Å². The number of hydrogen-bond donors (Lipinski definition) is 1. The smallest absolute Gasteiger partial charge is 0.335 e. The van der Waals surface area contributed by atoms with Gasteiger partial charge in [-0.15, -0.1) is 0 Å². The van der Waals surface area contributed by atoms with E-state index in [1.54, 1.807) is 42.5 Å². The van der Waals surface area contributed by atoms with Gasteiger partial charge in [-0.1, -0.05) is 23.7 Å². The Morgan fingerprint density at radius 3 is 2.52 bits per heavy atom. The third-order valence-corrected chi connectivity index (χ3v) is 3.35. The van der Waals surface area contributed by atoms with Crippen molar-refractivity contribution in [2.45, 2.75) is 6.54 Å². The highest BCUT2D eigenvalue weighted by molar-refractivity contribution is 6.30. The van der Waals surface area contributed by atoms with Crippen molar-refractivity contribution in [1.82, 2.24) is 0 Å². The average Bonchev–Trinajstić information content (AvgIpc) is 2.47. The molecule has 0 amide bonds. The number of carbonyl (C=O) groups is 1. The summed E-state index contributed by atoms with van der Waals surface area (Å²) in [4.78, 5) is 12.7. The number of nitrogens with zero attached hydrogens (tertiary/aromatic N) is 2. The Kier molecular flexibility index (Phi) is 4.46. The number of carboxylic acid groups (broad SMARTS) is 1. The Morgan fingerprint density at radius 2 is 1.95 bits per heavy atom. The number of rotatable bonds is 4. The SMILES string of the molecule is CN(Cc1ccc(C(=O)O)cc1)c1cc(Cl)ccc1C#N. The van der Waals surface area contributed by atoms with Crippen LogP contribution in [-0.2, 0) is 6.54 Å². The molecule has 0 bridgehead atoms. The molecule has 2 aromatic rings. The normalized spacial score (nSPS) is 9.95. The standard InChI is InChI=1S/C16H13ClN2O2/c1-19(15-8-14(17)7-6-13(15)9-18)10-11-2-4-12(5-3-11)16(20)21/h2-8H,10H2,1H3,(H,20,21). The molecule has 0 atom stereocenters. The number of halogens is 1. The van der Waals surface area contributed by atoms with Gasteiger partial charge in [-0.05, 0) is 35.9 Å². The molecule has 0 aliphatic rings. The lowest BCUT2D eigenvalue weighted by Crippen LogP contribution is -2.17. The number of nitriles is 1. The minimum Gasteiger partial charge on any atom is -0.478 e. The predicted octanol–water partition coefficient (Wildman–Crippen LogP) is 3.55. The Bertz CT molecular complexity index is 705.